The molecular weight excluding hydrogens is 561 g/mol. The van der Waals surface area contributed by atoms with Gasteiger partial charge in [-0.05, 0) is 48.9 Å². The monoisotopic (exact) mass is 613 g/mol. The molecule has 0 aliphatic carbocycles. The second-order valence-electron chi connectivity index (χ2n) is 11.7. The molecule has 0 aliphatic heterocycles. The summed E-state index contributed by atoms with van der Waals surface area (Å²) >= 11 is 0. The minimum absolute atomic E-state index is 0.000115. The van der Waals surface area contributed by atoms with Gasteiger partial charge in [-0.3, -0.25) is 4.98 Å². The van der Waals surface area contributed by atoms with Crippen LogP contribution in [0, 0.1) is 5.82 Å². The zero-order chi connectivity index (χ0) is 30.8. The molecule has 7 heteroatoms. The molecule has 0 N–H and O–H groups in total. The number of benzene rings is 2. The number of methoxy groups -OCH3 is 1. The molecule has 0 spiro atoms. The van der Waals surface area contributed by atoms with E-state index in [-0.39, 0.29) is 15.5 Å². The summed E-state index contributed by atoms with van der Waals surface area (Å²) in [5, 5.41) is 0.630. The number of halogens is 1. The molecule has 0 radical (unpaired) electrons. The summed E-state index contributed by atoms with van der Waals surface area (Å²) in [6.45, 7) is 2.69. The van der Waals surface area contributed by atoms with Gasteiger partial charge in [0, 0.05) is 11.6 Å². The van der Waals surface area contributed by atoms with Crippen LogP contribution in [-0.2, 0) is 9.84 Å². The van der Waals surface area contributed by atoms with Gasteiger partial charge in [-0.2, -0.15) is 0 Å². The topological polar surface area (TPSA) is 65.5 Å². The molecule has 0 fully saturated rings. The van der Waals surface area contributed by atoms with Crippen LogP contribution in [0.2, 0.25) is 0 Å². The average Bonchev–Trinajstić information content (AvgIpc) is 3.02. The second-order valence-corrected chi connectivity index (χ2v) is 13.6. The van der Waals surface area contributed by atoms with Gasteiger partial charge in [-0.25, -0.2) is 12.8 Å². The van der Waals surface area contributed by atoms with E-state index >= 15 is 0 Å². The van der Waals surface area contributed by atoms with E-state index in [1.54, 1.807) is 25.3 Å². The molecular formula is C36H52FNO4S. The number of ether oxygens (including phenoxy) is 2. The number of aromatic nitrogens is 1. The van der Waals surface area contributed by atoms with Gasteiger partial charge in [0.05, 0.1) is 29.0 Å². The quantitative estimate of drug-likeness (QED) is 0.0996. The Morgan fingerprint density at radius 3 is 1.77 bits per heavy atom. The minimum Gasteiger partial charge on any atom is -0.497 e. The Morgan fingerprint density at radius 1 is 0.674 bits per heavy atom. The van der Waals surface area contributed by atoms with E-state index < -0.39 is 15.7 Å². The van der Waals surface area contributed by atoms with Gasteiger partial charge < -0.3 is 9.47 Å². The fraction of sp³-hybridized carbons (Fsp3) is 0.583. The van der Waals surface area contributed by atoms with Crippen molar-refractivity contribution >= 4 is 20.7 Å². The van der Waals surface area contributed by atoms with E-state index in [9.17, 15) is 12.8 Å². The van der Waals surface area contributed by atoms with E-state index in [0.29, 0.717) is 23.3 Å². The molecule has 0 atom stereocenters. The highest BCUT2D eigenvalue weighted by Gasteiger charge is 2.21. The van der Waals surface area contributed by atoms with Crippen LogP contribution in [-0.4, -0.2) is 27.1 Å². The molecule has 0 saturated heterocycles. The summed E-state index contributed by atoms with van der Waals surface area (Å²) < 4.78 is 51.9. The van der Waals surface area contributed by atoms with Crippen LogP contribution in [0.4, 0.5) is 4.39 Å². The largest absolute Gasteiger partial charge is 0.497 e. The maximum atomic E-state index is 14.8. The number of hydrogen-bond donors (Lipinski definition) is 0. The molecule has 5 nitrogen and oxygen atoms in total. The fourth-order valence-electron chi connectivity index (χ4n) is 5.45. The van der Waals surface area contributed by atoms with Crippen molar-refractivity contribution in [2.24, 2.45) is 0 Å². The lowest BCUT2D eigenvalue weighted by Gasteiger charge is -2.10. The van der Waals surface area contributed by atoms with Crippen molar-refractivity contribution in [1.29, 1.82) is 0 Å². The molecule has 43 heavy (non-hydrogen) atoms. The number of hydrogen-bond acceptors (Lipinski definition) is 5. The van der Waals surface area contributed by atoms with E-state index in [2.05, 4.69) is 11.9 Å². The molecule has 238 valence electrons. The number of pyridine rings is 1. The van der Waals surface area contributed by atoms with Gasteiger partial charge >= 0.3 is 0 Å². The molecule has 3 aromatic rings. The maximum absolute atomic E-state index is 14.8. The first-order valence-corrected chi connectivity index (χ1v) is 18.0. The lowest BCUT2D eigenvalue weighted by Crippen LogP contribution is -2.05. The lowest BCUT2D eigenvalue weighted by atomic mass is 10.0. The van der Waals surface area contributed by atoms with Crippen LogP contribution in [0.15, 0.2) is 58.5 Å². The highest BCUT2D eigenvalue weighted by molar-refractivity contribution is 7.91. The maximum Gasteiger partial charge on any atom is 0.208 e. The Kier molecular flexibility index (Phi) is 15.9. The zero-order valence-electron chi connectivity index (χ0n) is 26.4. The molecule has 0 amide bonds. The molecule has 1 aromatic heterocycles. The minimum atomic E-state index is -3.94. The number of nitrogens with zero attached hydrogens (tertiary/aromatic N) is 1. The summed E-state index contributed by atoms with van der Waals surface area (Å²) in [6, 6.07) is 10.6. The van der Waals surface area contributed by atoms with Crippen molar-refractivity contribution in [3.8, 4) is 11.5 Å². The molecule has 0 unspecified atom stereocenters. The summed E-state index contributed by atoms with van der Waals surface area (Å²) in [6.07, 6.45) is 24.9. The van der Waals surface area contributed by atoms with Crippen molar-refractivity contribution in [1.82, 2.24) is 4.98 Å². The molecule has 0 aliphatic rings. The molecule has 2 aromatic carbocycles. The SMILES string of the molecule is CCCCCCCCCCCCCCCCCCCCOc1ccc(S(=O)(=O)c2cnc3ccc(OC)cc3c2)cc1F. The Labute approximate surface area is 259 Å². The first-order chi connectivity index (χ1) is 21.0. The predicted octanol–water partition coefficient (Wildman–Crippen LogP) is 10.6. The van der Waals surface area contributed by atoms with Gasteiger partial charge in [0.25, 0.3) is 0 Å². The average molecular weight is 614 g/mol. The Balaban J connectivity index is 1.25. The summed E-state index contributed by atoms with van der Waals surface area (Å²) in [7, 11) is -2.40. The van der Waals surface area contributed by atoms with E-state index in [1.165, 1.54) is 121 Å². The molecule has 1 heterocycles. The van der Waals surface area contributed by atoms with Crippen molar-refractivity contribution in [2.45, 2.75) is 132 Å². The number of unbranched alkanes of at least 4 members (excludes halogenated alkanes) is 17. The Hall–Kier alpha value is -2.67. The van der Waals surface area contributed by atoms with E-state index in [0.717, 1.165) is 25.3 Å². The van der Waals surface area contributed by atoms with Crippen LogP contribution in [0.1, 0.15) is 122 Å². The number of fused-ring (bicyclic) bond motifs is 1. The van der Waals surface area contributed by atoms with Crippen molar-refractivity contribution < 1.29 is 22.3 Å². The molecule has 0 saturated carbocycles. The van der Waals surface area contributed by atoms with Crippen molar-refractivity contribution in [2.75, 3.05) is 13.7 Å². The van der Waals surface area contributed by atoms with Gasteiger partial charge in [0.1, 0.15) is 5.75 Å². The van der Waals surface area contributed by atoms with Gasteiger partial charge in [0.15, 0.2) is 11.6 Å². The van der Waals surface area contributed by atoms with Crippen LogP contribution in [0.5, 0.6) is 11.5 Å². The third-order valence-electron chi connectivity index (χ3n) is 8.14. The van der Waals surface area contributed by atoms with Crippen LogP contribution in [0.3, 0.4) is 0 Å². The zero-order valence-corrected chi connectivity index (χ0v) is 27.2. The smallest absolute Gasteiger partial charge is 0.208 e. The van der Waals surface area contributed by atoms with Crippen LogP contribution < -0.4 is 9.47 Å². The molecule has 0 bridgehead atoms. The predicted molar refractivity (Wildman–Crippen MR) is 174 cm³/mol. The summed E-state index contributed by atoms with van der Waals surface area (Å²) in [5.41, 5.74) is 0.647. The number of rotatable bonds is 23. The normalized spacial score (nSPS) is 11.7. The third kappa shape index (κ3) is 12.1. The third-order valence-corrected chi connectivity index (χ3v) is 9.86. The van der Waals surface area contributed by atoms with Gasteiger partial charge in [-0.1, -0.05) is 116 Å². The standard InChI is InChI=1S/C36H52FNO4S/c1-3-4-5-6-7-8-9-10-11-12-13-14-15-16-17-18-19-20-25-42-36-24-22-32(28-34(36)37)43(39,40)33-27-30-26-31(41-2)21-23-35(30)38-29-33/h21-24,26-29H,3-20,25H2,1-2H3. The van der Waals surface area contributed by atoms with Gasteiger partial charge in [-0.15, -0.1) is 0 Å². The highest BCUT2D eigenvalue weighted by atomic mass is 32.2. The van der Waals surface area contributed by atoms with E-state index in [1.807, 2.05) is 0 Å². The lowest BCUT2D eigenvalue weighted by molar-refractivity contribution is 0.289. The van der Waals surface area contributed by atoms with Crippen molar-refractivity contribution in [3.05, 3.63) is 54.5 Å². The number of sulfone groups is 1. The first kappa shape index (κ1) is 34.8. The Morgan fingerprint density at radius 2 is 1.23 bits per heavy atom. The van der Waals surface area contributed by atoms with Crippen LogP contribution in [0.25, 0.3) is 10.9 Å². The van der Waals surface area contributed by atoms with Gasteiger partial charge in [0.2, 0.25) is 9.84 Å². The Bertz CT molecular complexity index is 1330. The highest BCUT2D eigenvalue weighted by Crippen LogP contribution is 2.28. The summed E-state index contributed by atoms with van der Waals surface area (Å²) in [4.78, 5) is 4.12. The summed E-state index contributed by atoms with van der Waals surface area (Å²) in [5.74, 6) is -0.00240. The van der Waals surface area contributed by atoms with Crippen LogP contribution >= 0.6 is 0 Å². The fourth-order valence-corrected chi connectivity index (χ4v) is 6.70. The first-order valence-electron chi connectivity index (χ1n) is 16.6. The van der Waals surface area contributed by atoms with E-state index in [4.69, 9.17) is 9.47 Å². The second kappa shape index (κ2) is 19.6. The van der Waals surface area contributed by atoms with Crippen molar-refractivity contribution in [3.63, 3.8) is 0 Å². The molecule has 3 rings (SSSR count).